The molecule has 2 nitrogen and oxygen atoms in total. The Morgan fingerprint density at radius 2 is 1.67 bits per heavy atom. The Balaban J connectivity index is -0.0000000600. The summed E-state index contributed by atoms with van der Waals surface area (Å²) in [5.41, 5.74) is 0. The van der Waals surface area contributed by atoms with Crippen molar-refractivity contribution in [3.8, 4) is 0 Å². The number of quaternary nitrogens is 1. The van der Waals surface area contributed by atoms with E-state index in [0.717, 1.165) is 11.0 Å². The van der Waals surface area contributed by atoms with Crippen molar-refractivity contribution in [2.75, 3.05) is 34.3 Å². The van der Waals surface area contributed by atoms with Crippen LogP contribution in [0.15, 0.2) is 0 Å². The van der Waals surface area contributed by atoms with Crippen molar-refractivity contribution in [2.45, 2.75) is 0 Å². The first-order chi connectivity index (χ1) is 3.06. The summed E-state index contributed by atoms with van der Waals surface area (Å²) < 4.78 is 0.844. The van der Waals surface area contributed by atoms with Crippen LogP contribution in [0, 0.1) is 0 Å². The summed E-state index contributed by atoms with van der Waals surface area (Å²) in [4.78, 5) is 0. The van der Waals surface area contributed by atoms with E-state index in [1.165, 1.54) is 0 Å². The number of halogens is 1. The third kappa shape index (κ3) is 17.6. The summed E-state index contributed by atoms with van der Waals surface area (Å²) in [7, 11) is 6.16. The van der Waals surface area contributed by atoms with Crippen LogP contribution in [0.25, 0.3) is 0 Å². The van der Waals surface area contributed by atoms with Crippen LogP contribution in [-0.4, -0.2) is 43.9 Å². The third-order valence-corrected chi connectivity index (χ3v) is 0.771. The van der Waals surface area contributed by atoms with E-state index in [1.807, 2.05) is 0 Å². The van der Waals surface area contributed by atoms with Gasteiger partial charge in [-0.25, -0.2) is 0 Å². The Morgan fingerprint density at radius 1 is 1.33 bits per heavy atom. The molecule has 4 heteroatoms. The fourth-order valence-corrected chi connectivity index (χ4v) is 0.300. The van der Waals surface area contributed by atoms with Gasteiger partial charge in [0.25, 0.3) is 0 Å². The standard InChI is InChI=1S/C5H14NO.ClH.Na.H/c1-6(2,3)4-5-7;;;/h7H,4-5H2,1-3H3;1H;;/q+1;;+1;-1. The van der Waals surface area contributed by atoms with E-state index in [-0.39, 0.29) is 50.0 Å². The maximum Gasteiger partial charge on any atom is 1.00 e. The topological polar surface area (TPSA) is 20.2 Å². The van der Waals surface area contributed by atoms with Gasteiger partial charge in [-0.15, -0.1) is 12.4 Å². The molecule has 0 radical (unpaired) electrons. The number of hydrogen-bond acceptors (Lipinski definition) is 1. The number of rotatable bonds is 2. The number of likely N-dealkylation sites (N-methyl/N-ethyl adjacent to an activating group) is 1. The molecule has 0 fully saturated rings. The molecule has 0 aromatic heterocycles. The Hall–Kier alpha value is 1.21. The van der Waals surface area contributed by atoms with Crippen LogP contribution < -0.4 is 29.6 Å². The maximum atomic E-state index is 8.39. The Labute approximate surface area is 87.0 Å². The molecule has 1 N–H and O–H groups in total. The average molecular weight is 165 g/mol. The summed E-state index contributed by atoms with van der Waals surface area (Å²) in [6, 6.07) is 0. The molecule has 0 spiro atoms. The number of aliphatic hydroxyl groups excluding tert-OH is 1. The van der Waals surface area contributed by atoms with Gasteiger partial charge >= 0.3 is 29.6 Å². The Bertz CT molecular complexity index is 60.1. The number of nitrogens with zero attached hydrogens (tertiary/aromatic N) is 1. The summed E-state index contributed by atoms with van der Waals surface area (Å²) in [5, 5.41) is 8.39. The van der Waals surface area contributed by atoms with Crippen LogP contribution in [0.1, 0.15) is 1.43 Å². The van der Waals surface area contributed by atoms with Gasteiger partial charge in [0.1, 0.15) is 6.54 Å². The maximum absolute atomic E-state index is 8.39. The third-order valence-electron chi connectivity index (χ3n) is 0.771. The van der Waals surface area contributed by atoms with Gasteiger partial charge < -0.3 is 11.0 Å². The fraction of sp³-hybridized carbons (Fsp3) is 1.00. The first-order valence-electron chi connectivity index (χ1n) is 2.47. The molecule has 0 aliphatic carbocycles. The monoisotopic (exact) mass is 164 g/mol. The van der Waals surface area contributed by atoms with E-state index in [9.17, 15) is 0 Å². The average Bonchev–Trinajstić information content (AvgIpc) is 1.30. The zero-order valence-corrected chi connectivity index (χ0v) is 9.53. The van der Waals surface area contributed by atoms with E-state index in [4.69, 9.17) is 5.11 Å². The van der Waals surface area contributed by atoms with Crippen molar-refractivity contribution in [3.05, 3.63) is 0 Å². The summed E-state index contributed by atoms with van der Waals surface area (Å²) in [6.45, 7) is 1.11. The Kier molecular flexibility index (Phi) is 13.5. The second-order valence-corrected chi connectivity index (χ2v) is 2.74. The minimum absolute atomic E-state index is 0. The second kappa shape index (κ2) is 7.32. The molecular formula is C5H16ClNNaO+. The van der Waals surface area contributed by atoms with Gasteiger partial charge in [0.05, 0.1) is 27.7 Å². The van der Waals surface area contributed by atoms with Gasteiger partial charge in [0.2, 0.25) is 0 Å². The normalized spacial score (nSPS) is 9.33. The summed E-state index contributed by atoms with van der Waals surface area (Å²) >= 11 is 0. The SMILES string of the molecule is C[N+](C)(C)CCO.Cl.[H-].[Na+]. The summed E-state index contributed by atoms with van der Waals surface area (Å²) in [5.74, 6) is 0. The molecular weight excluding hydrogens is 149 g/mol. The number of aliphatic hydroxyl groups is 1. The summed E-state index contributed by atoms with van der Waals surface area (Å²) in [6.07, 6.45) is 0. The van der Waals surface area contributed by atoms with E-state index < -0.39 is 0 Å². The molecule has 0 aliphatic heterocycles. The molecule has 0 aromatic carbocycles. The first-order valence-corrected chi connectivity index (χ1v) is 2.47. The predicted octanol–water partition coefficient (Wildman–Crippen LogP) is -2.78. The molecule has 0 bridgehead atoms. The first kappa shape index (κ1) is 16.7. The quantitative estimate of drug-likeness (QED) is 0.346. The Morgan fingerprint density at radius 3 is 1.67 bits per heavy atom. The molecule has 0 atom stereocenters. The van der Waals surface area contributed by atoms with E-state index in [1.54, 1.807) is 0 Å². The van der Waals surface area contributed by atoms with E-state index in [2.05, 4.69) is 21.1 Å². The number of hydrogen-bond donors (Lipinski definition) is 1. The van der Waals surface area contributed by atoms with Gasteiger partial charge in [-0.2, -0.15) is 0 Å². The molecule has 54 valence electrons. The minimum Gasteiger partial charge on any atom is -1.00 e. The smallest absolute Gasteiger partial charge is 1.00 e. The second-order valence-electron chi connectivity index (χ2n) is 2.74. The molecule has 0 saturated carbocycles. The molecule has 0 saturated heterocycles. The van der Waals surface area contributed by atoms with Crippen LogP contribution in [0.4, 0.5) is 0 Å². The molecule has 0 amide bonds. The molecule has 0 aliphatic rings. The van der Waals surface area contributed by atoms with Crippen molar-refractivity contribution in [3.63, 3.8) is 0 Å². The molecule has 9 heavy (non-hydrogen) atoms. The van der Waals surface area contributed by atoms with Gasteiger partial charge in [-0.1, -0.05) is 0 Å². The fourth-order valence-electron chi connectivity index (χ4n) is 0.300. The predicted molar refractivity (Wildman–Crippen MR) is 38.3 cm³/mol. The van der Waals surface area contributed by atoms with Crippen LogP contribution in [-0.2, 0) is 0 Å². The van der Waals surface area contributed by atoms with Gasteiger partial charge in [0.15, 0.2) is 0 Å². The van der Waals surface area contributed by atoms with Crippen LogP contribution in [0.2, 0.25) is 0 Å². The van der Waals surface area contributed by atoms with Crippen molar-refractivity contribution >= 4 is 12.4 Å². The van der Waals surface area contributed by atoms with Gasteiger partial charge in [-0.3, -0.25) is 0 Å². The molecule has 0 unspecified atom stereocenters. The van der Waals surface area contributed by atoms with E-state index >= 15 is 0 Å². The van der Waals surface area contributed by atoms with Crippen molar-refractivity contribution in [2.24, 2.45) is 0 Å². The van der Waals surface area contributed by atoms with Gasteiger partial charge in [-0.05, 0) is 0 Å². The largest absolute Gasteiger partial charge is 1.00 e. The van der Waals surface area contributed by atoms with Crippen LogP contribution in [0.3, 0.4) is 0 Å². The zero-order valence-electron chi connectivity index (χ0n) is 7.72. The molecule has 0 rings (SSSR count). The molecule has 0 heterocycles. The minimum atomic E-state index is 0. The zero-order chi connectivity index (χ0) is 5.91. The van der Waals surface area contributed by atoms with Gasteiger partial charge in [0, 0.05) is 0 Å². The van der Waals surface area contributed by atoms with Crippen molar-refractivity contribution in [1.29, 1.82) is 0 Å². The molecule has 0 aromatic rings. The van der Waals surface area contributed by atoms with Crippen LogP contribution in [0.5, 0.6) is 0 Å². The van der Waals surface area contributed by atoms with Crippen molar-refractivity contribution in [1.82, 2.24) is 0 Å². The van der Waals surface area contributed by atoms with Crippen molar-refractivity contribution < 1.29 is 40.6 Å². The van der Waals surface area contributed by atoms with E-state index in [0.29, 0.717) is 0 Å². The van der Waals surface area contributed by atoms with Crippen LogP contribution >= 0.6 is 12.4 Å².